The molecule has 1 rings (SSSR count). The van der Waals surface area contributed by atoms with E-state index in [9.17, 15) is 0 Å². The maximum Gasteiger partial charge on any atom is 0.0360 e. The summed E-state index contributed by atoms with van der Waals surface area (Å²) >= 11 is 0. The molecule has 1 fully saturated rings. The van der Waals surface area contributed by atoms with Gasteiger partial charge < -0.3 is 10.2 Å². The zero-order valence-corrected chi connectivity index (χ0v) is 7.42. The molecule has 1 heterocycles. The molecule has 12 heavy (non-hydrogen) atoms. The molecule has 0 unspecified atom stereocenters. The number of allylic oxidation sites excluding steroid dienone is 3. The topological polar surface area (TPSA) is 15.3 Å². The first kappa shape index (κ1) is 9.07. The van der Waals surface area contributed by atoms with Gasteiger partial charge in [0.25, 0.3) is 0 Å². The Hall–Kier alpha value is -1.02. The zero-order valence-electron chi connectivity index (χ0n) is 7.42. The second-order valence-electron chi connectivity index (χ2n) is 2.77. The van der Waals surface area contributed by atoms with Gasteiger partial charge in [0.2, 0.25) is 0 Å². The first-order valence-electron chi connectivity index (χ1n) is 4.29. The number of rotatable bonds is 3. The number of hydrogen-bond acceptors (Lipinski definition) is 2. The Bertz CT molecular complexity index is 188. The van der Waals surface area contributed by atoms with Crippen LogP contribution in [0, 0.1) is 0 Å². The molecule has 66 valence electrons. The van der Waals surface area contributed by atoms with Crippen LogP contribution in [0.4, 0.5) is 0 Å². The van der Waals surface area contributed by atoms with Gasteiger partial charge in [-0.1, -0.05) is 19.2 Å². The fraction of sp³-hybridized carbons (Fsp3) is 0.400. The molecule has 0 aromatic heterocycles. The highest BCUT2D eigenvalue weighted by Crippen LogP contribution is 2.06. The van der Waals surface area contributed by atoms with E-state index in [0.29, 0.717) is 0 Å². The number of hydrogen-bond donors (Lipinski definition) is 1. The number of piperazine rings is 1. The zero-order chi connectivity index (χ0) is 8.81. The van der Waals surface area contributed by atoms with Gasteiger partial charge in [-0.05, 0) is 12.2 Å². The minimum atomic E-state index is 1.06. The molecule has 0 spiro atoms. The fourth-order valence-electron chi connectivity index (χ4n) is 1.35. The van der Waals surface area contributed by atoms with Crippen molar-refractivity contribution in [2.75, 3.05) is 26.2 Å². The van der Waals surface area contributed by atoms with E-state index in [2.05, 4.69) is 23.4 Å². The summed E-state index contributed by atoms with van der Waals surface area (Å²) in [5, 5.41) is 3.31. The second-order valence-corrected chi connectivity index (χ2v) is 2.77. The summed E-state index contributed by atoms with van der Waals surface area (Å²) in [7, 11) is 0. The van der Waals surface area contributed by atoms with Gasteiger partial charge >= 0.3 is 0 Å². The molecule has 1 saturated heterocycles. The van der Waals surface area contributed by atoms with Crippen molar-refractivity contribution in [1.82, 2.24) is 10.2 Å². The van der Waals surface area contributed by atoms with E-state index >= 15 is 0 Å². The van der Waals surface area contributed by atoms with E-state index in [1.54, 1.807) is 6.08 Å². The van der Waals surface area contributed by atoms with Crippen molar-refractivity contribution >= 4 is 0 Å². The highest BCUT2D eigenvalue weighted by atomic mass is 15.2. The molecule has 0 radical (unpaired) electrons. The van der Waals surface area contributed by atoms with Crippen LogP contribution in [-0.2, 0) is 0 Å². The van der Waals surface area contributed by atoms with Gasteiger partial charge in [0, 0.05) is 31.9 Å². The minimum Gasteiger partial charge on any atom is -0.369 e. The van der Waals surface area contributed by atoms with Crippen LogP contribution in [0.2, 0.25) is 0 Å². The normalized spacial score (nSPS) is 19.0. The summed E-state index contributed by atoms with van der Waals surface area (Å²) in [6.45, 7) is 11.7. The minimum absolute atomic E-state index is 1.06. The lowest BCUT2D eigenvalue weighted by Crippen LogP contribution is -2.42. The van der Waals surface area contributed by atoms with Crippen LogP contribution in [0.15, 0.2) is 37.1 Å². The first-order valence-corrected chi connectivity index (χ1v) is 4.29. The predicted octanol–water partition coefficient (Wildman–Crippen LogP) is 1.15. The van der Waals surface area contributed by atoms with E-state index < -0.39 is 0 Å². The standard InChI is InChI=1S/C10H16N2/c1-3-5-10(4-2)12-8-6-11-7-9-12/h3-5,11H,1-2,6-9H2. The number of nitrogens with zero attached hydrogens (tertiary/aromatic N) is 1. The molecule has 2 heteroatoms. The van der Waals surface area contributed by atoms with Gasteiger partial charge in [0.05, 0.1) is 0 Å². The predicted molar refractivity (Wildman–Crippen MR) is 52.9 cm³/mol. The average molecular weight is 164 g/mol. The summed E-state index contributed by atoms with van der Waals surface area (Å²) in [5.74, 6) is 0. The van der Waals surface area contributed by atoms with Crippen LogP contribution in [0.1, 0.15) is 0 Å². The largest absolute Gasteiger partial charge is 0.369 e. The van der Waals surface area contributed by atoms with Crippen LogP contribution in [0.25, 0.3) is 0 Å². The van der Waals surface area contributed by atoms with E-state index in [4.69, 9.17) is 0 Å². The van der Waals surface area contributed by atoms with E-state index in [0.717, 1.165) is 26.2 Å². The Morgan fingerprint density at radius 3 is 2.42 bits per heavy atom. The molecule has 1 aliphatic rings. The molecule has 0 aliphatic carbocycles. The molecular formula is C10H16N2. The average Bonchev–Trinajstić information content (AvgIpc) is 2.15. The van der Waals surface area contributed by atoms with Crippen LogP contribution in [0.3, 0.4) is 0 Å². The van der Waals surface area contributed by atoms with Gasteiger partial charge in [-0.2, -0.15) is 0 Å². The van der Waals surface area contributed by atoms with Crippen molar-refractivity contribution < 1.29 is 0 Å². The third-order valence-electron chi connectivity index (χ3n) is 1.98. The molecule has 1 N–H and O–H groups in total. The fourth-order valence-corrected chi connectivity index (χ4v) is 1.35. The highest BCUT2D eigenvalue weighted by Gasteiger charge is 2.09. The van der Waals surface area contributed by atoms with Crippen molar-refractivity contribution in [1.29, 1.82) is 0 Å². The third-order valence-corrected chi connectivity index (χ3v) is 1.98. The molecule has 0 saturated carbocycles. The Kier molecular flexibility index (Phi) is 3.61. The lowest BCUT2D eigenvalue weighted by Gasteiger charge is -2.30. The Morgan fingerprint density at radius 2 is 1.92 bits per heavy atom. The Balaban J connectivity index is 2.57. The van der Waals surface area contributed by atoms with E-state index in [1.807, 2.05) is 12.2 Å². The SMILES string of the molecule is C=CC=C(C=C)N1CCNCC1. The van der Waals surface area contributed by atoms with Gasteiger partial charge in [0.1, 0.15) is 0 Å². The maximum absolute atomic E-state index is 3.78. The summed E-state index contributed by atoms with van der Waals surface area (Å²) in [5.41, 5.74) is 1.17. The third kappa shape index (κ3) is 2.24. The van der Waals surface area contributed by atoms with Crippen molar-refractivity contribution in [2.24, 2.45) is 0 Å². The van der Waals surface area contributed by atoms with Gasteiger partial charge in [-0.3, -0.25) is 0 Å². The monoisotopic (exact) mass is 164 g/mol. The van der Waals surface area contributed by atoms with Crippen LogP contribution in [-0.4, -0.2) is 31.1 Å². The smallest absolute Gasteiger partial charge is 0.0360 e. The van der Waals surface area contributed by atoms with Gasteiger partial charge in [-0.25, -0.2) is 0 Å². The molecule has 1 aliphatic heterocycles. The summed E-state index contributed by atoms with van der Waals surface area (Å²) in [6.07, 6.45) is 5.68. The van der Waals surface area contributed by atoms with E-state index in [-0.39, 0.29) is 0 Å². The van der Waals surface area contributed by atoms with Gasteiger partial charge in [0.15, 0.2) is 0 Å². The summed E-state index contributed by atoms with van der Waals surface area (Å²) in [6, 6.07) is 0. The molecule has 0 amide bonds. The van der Waals surface area contributed by atoms with E-state index in [1.165, 1.54) is 5.70 Å². The van der Waals surface area contributed by atoms with Crippen molar-refractivity contribution in [2.45, 2.75) is 0 Å². The molecule has 2 nitrogen and oxygen atoms in total. The maximum atomic E-state index is 3.78. The molecular weight excluding hydrogens is 148 g/mol. The molecule has 0 aromatic rings. The lowest BCUT2D eigenvalue weighted by molar-refractivity contribution is 0.307. The molecule has 0 atom stereocenters. The molecule has 0 bridgehead atoms. The lowest BCUT2D eigenvalue weighted by atomic mass is 10.3. The Labute approximate surface area is 74.3 Å². The summed E-state index contributed by atoms with van der Waals surface area (Å²) < 4.78 is 0. The molecule has 0 aromatic carbocycles. The van der Waals surface area contributed by atoms with Crippen LogP contribution < -0.4 is 5.32 Å². The van der Waals surface area contributed by atoms with Crippen LogP contribution >= 0.6 is 0 Å². The van der Waals surface area contributed by atoms with Crippen molar-refractivity contribution in [3.8, 4) is 0 Å². The first-order chi connectivity index (χ1) is 5.88. The second kappa shape index (κ2) is 4.78. The van der Waals surface area contributed by atoms with Crippen molar-refractivity contribution in [3.63, 3.8) is 0 Å². The Morgan fingerprint density at radius 1 is 1.25 bits per heavy atom. The quantitative estimate of drug-likeness (QED) is 0.629. The van der Waals surface area contributed by atoms with Crippen molar-refractivity contribution in [3.05, 3.63) is 37.1 Å². The van der Waals surface area contributed by atoms with Crippen LogP contribution in [0.5, 0.6) is 0 Å². The van der Waals surface area contributed by atoms with Gasteiger partial charge in [-0.15, -0.1) is 0 Å². The summed E-state index contributed by atoms with van der Waals surface area (Å²) in [4.78, 5) is 2.31. The highest BCUT2D eigenvalue weighted by molar-refractivity contribution is 5.20. The number of nitrogens with one attached hydrogen (secondary N) is 1.